The first kappa shape index (κ1) is 14.4. The summed E-state index contributed by atoms with van der Waals surface area (Å²) in [5, 5.41) is 14.8. The first-order chi connectivity index (χ1) is 9.72. The topological polar surface area (TPSA) is 39.1 Å². The molecule has 0 saturated heterocycles. The van der Waals surface area contributed by atoms with Gasteiger partial charge in [0, 0.05) is 23.0 Å². The fraction of sp³-hybridized carbons (Fsp3) is 0.353. The van der Waals surface area contributed by atoms with E-state index in [-0.39, 0.29) is 0 Å². The zero-order valence-electron chi connectivity index (χ0n) is 12.2. The van der Waals surface area contributed by atoms with Crippen molar-refractivity contribution in [1.82, 2.24) is 4.90 Å². The Morgan fingerprint density at radius 3 is 2.50 bits per heavy atom. The van der Waals surface area contributed by atoms with Gasteiger partial charge >= 0.3 is 0 Å². The summed E-state index contributed by atoms with van der Waals surface area (Å²) in [5.74, 6) is 0. The second kappa shape index (κ2) is 6.93. The average Bonchev–Trinajstić information content (AvgIpc) is 2.46. The summed E-state index contributed by atoms with van der Waals surface area (Å²) in [7, 11) is 4.20. The Labute approximate surface area is 120 Å². The highest BCUT2D eigenvalue weighted by atomic mass is 15.0. The van der Waals surface area contributed by atoms with E-state index < -0.39 is 0 Å². The highest BCUT2D eigenvalue weighted by molar-refractivity contribution is 5.97. The summed E-state index contributed by atoms with van der Waals surface area (Å²) >= 11 is 0. The van der Waals surface area contributed by atoms with Crippen molar-refractivity contribution in [2.45, 2.75) is 12.8 Å². The van der Waals surface area contributed by atoms with Crippen molar-refractivity contribution in [3.8, 4) is 6.07 Å². The summed E-state index contributed by atoms with van der Waals surface area (Å²) in [6.07, 6.45) is 2.33. The van der Waals surface area contributed by atoms with Gasteiger partial charge < -0.3 is 10.2 Å². The maximum atomic E-state index is 9.15. The molecule has 0 unspecified atom stereocenters. The number of nitriles is 1. The highest BCUT2D eigenvalue weighted by Gasteiger charge is 2.04. The van der Waals surface area contributed by atoms with Crippen molar-refractivity contribution in [2.75, 3.05) is 32.5 Å². The largest absolute Gasteiger partial charge is 0.385 e. The van der Waals surface area contributed by atoms with Gasteiger partial charge in [-0.05, 0) is 45.6 Å². The van der Waals surface area contributed by atoms with Crippen LogP contribution in [0.3, 0.4) is 0 Å². The number of hydrogen-bond acceptors (Lipinski definition) is 3. The standard InChI is InChI=1S/C17H21N3/c1-20(2)12-6-5-11-19-17-10-9-14(13-18)15-7-3-4-8-16(15)17/h3-4,7-10,19H,5-6,11-12H2,1-2H3. The number of nitrogens with zero attached hydrogens (tertiary/aromatic N) is 2. The third kappa shape index (κ3) is 3.49. The maximum absolute atomic E-state index is 9.15. The quantitative estimate of drug-likeness (QED) is 0.815. The van der Waals surface area contributed by atoms with E-state index in [0.29, 0.717) is 0 Å². The van der Waals surface area contributed by atoms with Crippen molar-refractivity contribution < 1.29 is 0 Å². The normalized spacial score (nSPS) is 10.7. The summed E-state index contributed by atoms with van der Waals surface area (Å²) in [5.41, 5.74) is 1.85. The minimum absolute atomic E-state index is 0.735. The van der Waals surface area contributed by atoms with Gasteiger partial charge in [-0.3, -0.25) is 0 Å². The number of nitrogens with one attached hydrogen (secondary N) is 1. The number of hydrogen-bond donors (Lipinski definition) is 1. The summed E-state index contributed by atoms with van der Waals surface area (Å²) < 4.78 is 0. The lowest BCUT2D eigenvalue weighted by Gasteiger charge is -2.12. The van der Waals surface area contributed by atoms with Gasteiger partial charge in [-0.15, -0.1) is 0 Å². The average molecular weight is 267 g/mol. The van der Waals surface area contributed by atoms with Crippen molar-refractivity contribution >= 4 is 16.5 Å². The molecular formula is C17H21N3. The van der Waals surface area contributed by atoms with E-state index in [0.717, 1.165) is 41.5 Å². The van der Waals surface area contributed by atoms with Crippen LogP contribution < -0.4 is 5.32 Å². The van der Waals surface area contributed by atoms with Crippen molar-refractivity contribution in [3.63, 3.8) is 0 Å². The van der Waals surface area contributed by atoms with Gasteiger partial charge in [-0.25, -0.2) is 0 Å². The molecule has 2 rings (SSSR count). The second-order valence-electron chi connectivity index (χ2n) is 5.26. The molecule has 0 aromatic heterocycles. The van der Waals surface area contributed by atoms with Crippen molar-refractivity contribution in [2.24, 2.45) is 0 Å². The Balaban J connectivity index is 2.06. The Kier molecular flexibility index (Phi) is 4.97. The lowest BCUT2D eigenvalue weighted by Crippen LogP contribution is -2.14. The highest BCUT2D eigenvalue weighted by Crippen LogP contribution is 2.26. The molecule has 3 nitrogen and oxygen atoms in total. The zero-order valence-corrected chi connectivity index (χ0v) is 12.2. The van der Waals surface area contributed by atoms with Gasteiger partial charge in [0.05, 0.1) is 11.6 Å². The molecule has 2 aromatic rings. The van der Waals surface area contributed by atoms with Gasteiger partial charge in [0.15, 0.2) is 0 Å². The summed E-state index contributed by atoms with van der Waals surface area (Å²) in [6, 6.07) is 14.2. The summed E-state index contributed by atoms with van der Waals surface area (Å²) in [4.78, 5) is 2.21. The predicted molar refractivity (Wildman–Crippen MR) is 84.9 cm³/mol. The Morgan fingerprint density at radius 1 is 1.05 bits per heavy atom. The van der Waals surface area contributed by atoms with Crippen LogP contribution in [-0.2, 0) is 0 Å². The lowest BCUT2D eigenvalue weighted by molar-refractivity contribution is 0.396. The van der Waals surface area contributed by atoms with E-state index in [4.69, 9.17) is 5.26 Å². The second-order valence-corrected chi connectivity index (χ2v) is 5.26. The van der Waals surface area contributed by atoms with Gasteiger partial charge in [0.25, 0.3) is 0 Å². The van der Waals surface area contributed by atoms with Gasteiger partial charge in [-0.1, -0.05) is 24.3 Å². The molecule has 0 heterocycles. The number of rotatable bonds is 6. The molecule has 0 atom stereocenters. The molecule has 0 aliphatic rings. The Morgan fingerprint density at radius 2 is 1.80 bits per heavy atom. The molecule has 2 aromatic carbocycles. The van der Waals surface area contributed by atoms with Gasteiger partial charge in [0.2, 0.25) is 0 Å². The first-order valence-electron chi connectivity index (χ1n) is 7.03. The van der Waals surface area contributed by atoms with Crippen LogP contribution in [0.2, 0.25) is 0 Å². The number of benzene rings is 2. The molecule has 1 N–H and O–H groups in total. The molecule has 20 heavy (non-hydrogen) atoms. The van der Waals surface area contributed by atoms with E-state index >= 15 is 0 Å². The predicted octanol–water partition coefficient (Wildman–Crippen LogP) is 3.47. The minimum atomic E-state index is 0.735. The zero-order chi connectivity index (χ0) is 14.4. The van der Waals surface area contributed by atoms with E-state index in [1.807, 2.05) is 30.3 Å². The van der Waals surface area contributed by atoms with Gasteiger partial charge in [-0.2, -0.15) is 5.26 Å². The van der Waals surface area contributed by atoms with Crippen LogP contribution in [0.5, 0.6) is 0 Å². The van der Waals surface area contributed by atoms with E-state index in [2.05, 4.69) is 36.4 Å². The third-order valence-corrected chi connectivity index (χ3v) is 3.39. The first-order valence-corrected chi connectivity index (χ1v) is 7.03. The van der Waals surface area contributed by atoms with Crippen molar-refractivity contribution in [3.05, 3.63) is 42.0 Å². The fourth-order valence-corrected chi connectivity index (χ4v) is 2.33. The van der Waals surface area contributed by atoms with Crippen molar-refractivity contribution in [1.29, 1.82) is 5.26 Å². The lowest BCUT2D eigenvalue weighted by atomic mass is 10.0. The van der Waals surface area contributed by atoms with Crippen LogP contribution in [0.1, 0.15) is 18.4 Å². The van der Waals surface area contributed by atoms with Crippen LogP contribution in [0.15, 0.2) is 36.4 Å². The van der Waals surface area contributed by atoms with Crippen LogP contribution in [0.4, 0.5) is 5.69 Å². The maximum Gasteiger partial charge on any atom is 0.0998 e. The minimum Gasteiger partial charge on any atom is -0.385 e. The SMILES string of the molecule is CN(C)CCCCNc1ccc(C#N)c2ccccc12. The molecule has 0 bridgehead atoms. The number of anilines is 1. The van der Waals surface area contributed by atoms with E-state index in [1.54, 1.807) is 0 Å². The molecule has 3 heteroatoms. The van der Waals surface area contributed by atoms with Crippen LogP contribution in [0.25, 0.3) is 10.8 Å². The molecule has 0 aliphatic heterocycles. The number of fused-ring (bicyclic) bond motifs is 1. The molecule has 0 aliphatic carbocycles. The smallest absolute Gasteiger partial charge is 0.0998 e. The van der Waals surface area contributed by atoms with Crippen LogP contribution in [0, 0.1) is 11.3 Å². The van der Waals surface area contributed by atoms with E-state index in [1.165, 1.54) is 6.42 Å². The van der Waals surface area contributed by atoms with Crippen LogP contribution in [-0.4, -0.2) is 32.1 Å². The molecule has 0 radical (unpaired) electrons. The molecule has 0 spiro atoms. The molecule has 0 amide bonds. The van der Waals surface area contributed by atoms with E-state index in [9.17, 15) is 0 Å². The Bertz CT molecular complexity index is 611. The molecular weight excluding hydrogens is 246 g/mol. The van der Waals surface area contributed by atoms with Crippen LogP contribution >= 0.6 is 0 Å². The monoisotopic (exact) mass is 267 g/mol. The number of unbranched alkanes of at least 4 members (excludes halogenated alkanes) is 1. The van der Waals surface area contributed by atoms with Gasteiger partial charge in [0.1, 0.15) is 0 Å². The molecule has 0 fully saturated rings. The Hall–Kier alpha value is -2.05. The molecule has 0 saturated carbocycles. The summed E-state index contributed by atoms with van der Waals surface area (Å²) in [6.45, 7) is 2.08. The molecule has 104 valence electrons. The fourth-order valence-electron chi connectivity index (χ4n) is 2.33. The third-order valence-electron chi connectivity index (χ3n) is 3.39.